The number of rotatable bonds is 5. The Labute approximate surface area is 176 Å². The molecule has 3 aromatic rings. The molecule has 1 heterocycles. The van der Waals surface area contributed by atoms with Gasteiger partial charge in [-0.25, -0.2) is 0 Å². The van der Waals surface area contributed by atoms with Crippen LogP contribution in [0.2, 0.25) is 0 Å². The van der Waals surface area contributed by atoms with Gasteiger partial charge in [0.2, 0.25) is 0 Å². The summed E-state index contributed by atoms with van der Waals surface area (Å²) >= 11 is -2.12. The fourth-order valence-electron chi connectivity index (χ4n) is 3.83. The summed E-state index contributed by atoms with van der Waals surface area (Å²) in [5, 5.41) is 0. The fourth-order valence-corrected chi connectivity index (χ4v) is 12.9. The summed E-state index contributed by atoms with van der Waals surface area (Å²) in [4.78, 5) is 0. The molecule has 0 saturated carbocycles. The molecule has 0 bridgehead atoms. The quantitative estimate of drug-likeness (QED) is 0.514. The normalized spacial score (nSPS) is 13.4. The maximum absolute atomic E-state index is 2.40. The van der Waals surface area contributed by atoms with Gasteiger partial charge < -0.3 is 0 Å². The van der Waals surface area contributed by atoms with E-state index >= 15 is 0 Å². The average Bonchev–Trinajstić information content (AvgIpc) is 3.02. The zero-order valence-corrected chi connectivity index (χ0v) is 18.6. The van der Waals surface area contributed by atoms with Gasteiger partial charge in [0.05, 0.1) is 0 Å². The van der Waals surface area contributed by atoms with Crippen LogP contribution in [0.25, 0.3) is 9.16 Å². The van der Waals surface area contributed by atoms with Crippen molar-refractivity contribution >= 4 is 54.9 Å². The predicted octanol–water partition coefficient (Wildman–Crippen LogP) is 4.57. The molecule has 4 rings (SSSR count). The first-order chi connectivity index (χ1) is 12.4. The minimum absolute atomic E-state index is 0. The Balaban J connectivity index is 0.00000196. The number of benzene rings is 3. The van der Waals surface area contributed by atoms with E-state index in [-0.39, 0.29) is 18.9 Å². The molecule has 26 heavy (non-hydrogen) atoms. The molecular formula is C24H23LiSn. The molecule has 0 spiro atoms. The number of unbranched alkanes of at least 4 members (excludes halogenated alkanes) is 1. The molecule has 0 unspecified atom stereocenters. The molecule has 1 aliphatic rings. The zero-order valence-electron chi connectivity index (χ0n) is 15.7. The topological polar surface area (TPSA) is 0 Å². The van der Waals surface area contributed by atoms with Crippen molar-refractivity contribution in [3.8, 4) is 0 Å². The Morgan fingerprint density at radius 2 is 1.35 bits per heavy atom. The van der Waals surface area contributed by atoms with Gasteiger partial charge in [-0.05, 0) is 0 Å². The SMILES string of the molecule is CCCCC1=[C](c2ccccc2)[Sn]([c]2ccccc2)[c]2ccccc21.[Li]. The second-order valence-electron chi connectivity index (χ2n) is 6.61. The van der Waals surface area contributed by atoms with E-state index in [1.165, 1.54) is 30.4 Å². The third kappa shape index (κ3) is 3.74. The maximum Gasteiger partial charge on any atom is 0 e. The number of allylic oxidation sites excluding steroid dienone is 1. The van der Waals surface area contributed by atoms with Crippen LogP contribution in [0.15, 0.2) is 84.9 Å². The molecule has 1 aliphatic heterocycles. The summed E-state index contributed by atoms with van der Waals surface area (Å²) < 4.78 is 4.94. The Bertz CT molecular complexity index is 884. The van der Waals surface area contributed by atoms with E-state index in [1.54, 1.807) is 16.3 Å². The van der Waals surface area contributed by atoms with Crippen LogP contribution >= 0.6 is 0 Å². The minimum Gasteiger partial charge on any atom is 0 e. The molecule has 2 heteroatoms. The van der Waals surface area contributed by atoms with Gasteiger partial charge >= 0.3 is 158 Å². The molecule has 0 nitrogen and oxygen atoms in total. The van der Waals surface area contributed by atoms with E-state index < -0.39 is 19.8 Å². The van der Waals surface area contributed by atoms with E-state index in [4.69, 9.17) is 0 Å². The van der Waals surface area contributed by atoms with Crippen molar-refractivity contribution in [2.45, 2.75) is 26.2 Å². The fraction of sp³-hybridized carbons (Fsp3) is 0.167. The standard InChI is InChI=1S/C18H18.C6H5.Li.Sn/c1-2-3-12-18(17-13-8-5-9-14-17)15-16-10-6-4-7-11-16;1-2-4-6-5-3-1;;/h4-11,13H,2-3,12H2,1H3;1-5H;;. The van der Waals surface area contributed by atoms with Crippen LogP contribution in [-0.4, -0.2) is 38.6 Å². The first-order valence-electron chi connectivity index (χ1n) is 9.21. The maximum atomic E-state index is 2.40. The van der Waals surface area contributed by atoms with Crippen LogP contribution in [0.3, 0.4) is 0 Å². The van der Waals surface area contributed by atoms with Crippen molar-refractivity contribution in [2.24, 2.45) is 0 Å². The van der Waals surface area contributed by atoms with Gasteiger partial charge in [0.25, 0.3) is 0 Å². The predicted molar refractivity (Wildman–Crippen MR) is 116 cm³/mol. The van der Waals surface area contributed by atoms with Crippen molar-refractivity contribution in [1.29, 1.82) is 0 Å². The van der Waals surface area contributed by atoms with E-state index in [0.29, 0.717) is 0 Å². The van der Waals surface area contributed by atoms with Crippen molar-refractivity contribution in [3.63, 3.8) is 0 Å². The first-order valence-corrected chi connectivity index (χ1v) is 13.5. The Kier molecular flexibility index (Phi) is 6.87. The third-order valence-electron chi connectivity index (χ3n) is 4.98. The van der Waals surface area contributed by atoms with E-state index in [9.17, 15) is 0 Å². The van der Waals surface area contributed by atoms with Crippen LogP contribution in [0, 0.1) is 0 Å². The summed E-state index contributed by atoms with van der Waals surface area (Å²) in [6.45, 7) is 2.29. The smallest absolute Gasteiger partial charge is 0 e. The van der Waals surface area contributed by atoms with Gasteiger partial charge in [-0.15, -0.1) is 0 Å². The van der Waals surface area contributed by atoms with Crippen molar-refractivity contribution in [1.82, 2.24) is 0 Å². The molecule has 0 aliphatic carbocycles. The summed E-state index contributed by atoms with van der Waals surface area (Å²) in [6, 6.07) is 31.6. The summed E-state index contributed by atoms with van der Waals surface area (Å²) in [5.74, 6) is 0. The van der Waals surface area contributed by atoms with Crippen molar-refractivity contribution in [2.75, 3.05) is 0 Å². The van der Waals surface area contributed by atoms with Gasteiger partial charge in [-0.3, -0.25) is 0 Å². The zero-order chi connectivity index (χ0) is 17.1. The van der Waals surface area contributed by atoms with Gasteiger partial charge in [0, 0.05) is 18.9 Å². The van der Waals surface area contributed by atoms with E-state index in [1.807, 2.05) is 0 Å². The molecule has 0 aromatic heterocycles. The van der Waals surface area contributed by atoms with Gasteiger partial charge in [0.1, 0.15) is 0 Å². The molecule has 0 saturated heterocycles. The Morgan fingerprint density at radius 1 is 0.731 bits per heavy atom. The van der Waals surface area contributed by atoms with Crippen LogP contribution in [-0.2, 0) is 0 Å². The van der Waals surface area contributed by atoms with Crippen LogP contribution in [0.4, 0.5) is 0 Å². The van der Waals surface area contributed by atoms with Crippen LogP contribution in [0.5, 0.6) is 0 Å². The minimum atomic E-state index is -2.12. The molecule has 0 amide bonds. The van der Waals surface area contributed by atoms with Crippen LogP contribution in [0.1, 0.15) is 37.3 Å². The summed E-state index contributed by atoms with van der Waals surface area (Å²) in [7, 11) is 0. The van der Waals surface area contributed by atoms with E-state index in [2.05, 4.69) is 91.9 Å². The van der Waals surface area contributed by atoms with Gasteiger partial charge in [0.15, 0.2) is 0 Å². The van der Waals surface area contributed by atoms with E-state index in [0.717, 1.165) is 0 Å². The number of fused-ring (bicyclic) bond motifs is 1. The number of hydrogen-bond donors (Lipinski definition) is 0. The van der Waals surface area contributed by atoms with Crippen molar-refractivity contribution < 1.29 is 0 Å². The Hall–Kier alpha value is -1.20. The second-order valence-corrected chi connectivity index (χ2v) is 13.4. The van der Waals surface area contributed by atoms with Gasteiger partial charge in [-0.2, -0.15) is 0 Å². The molecule has 0 fully saturated rings. The number of hydrogen-bond acceptors (Lipinski definition) is 0. The van der Waals surface area contributed by atoms with Crippen molar-refractivity contribution in [3.05, 3.63) is 96.1 Å². The first kappa shape index (κ1) is 19.6. The molecule has 3 aromatic carbocycles. The monoisotopic (exact) mass is 438 g/mol. The Morgan fingerprint density at radius 3 is 2.04 bits per heavy atom. The summed E-state index contributed by atoms with van der Waals surface area (Å²) in [5.41, 5.74) is 4.61. The molecule has 2 radical (unpaired) electrons. The average molecular weight is 437 g/mol. The largest absolute Gasteiger partial charge is 0 e. The molecular weight excluding hydrogens is 414 g/mol. The third-order valence-corrected chi connectivity index (χ3v) is 13.5. The van der Waals surface area contributed by atoms with Gasteiger partial charge in [-0.1, -0.05) is 0 Å². The van der Waals surface area contributed by atoms with Crippen LogP contribution < -0.4 is 7.16 Å². The summed E-state index contributed by atoms with van der Waals surface area (Å²) in [6.07, 6.45) is 3.72. The molecule has 0 N–H and O–H groups in total. The molecule has 0 atom stereocenters. The molecule has 124 valence electrons. The second kappa shape index (κ2) is 9.13.